The van der Waals surface area contributed by atoms with E-state index in [0.29, 0.717) is 6.54 Å². The maximum absolute atomic E-state index is 13.2. The van der Waals surface area contributed by atoms with E-state index in [2.05, 4.69) is 45.9 Å². The van der Waals surface area contributed by atoms with Gasteiger partial charge in [0.15, 0.2) is 0 Å². The van der Waals surface area contributed by atoms with Crippen molar-refractivity contribution in [2.24, 2.45) is 0 Å². The van der Waals surface area contributed by atoms with Gasteiger partial charge in [0.2, 0.25) is 0 Å². The molecule has 0 spiro atoms. The van der Waals surface area contributed by atoms with Crippen LogP contribution in [0.4, 0.5) is 0 Å². The molecule has 1 saturated heterocycles. The molecule has 2 aromatic heterocycles. The van der Waals surface area contributed by atoms with Gasteiger partial charge in [0, 0.05) is 44.1 Å². The van der Waals surface area contributed by atoms with E-state index >= 15 is 0 Å². The minimum absolute atomic E-state index is 0.133. The molecule has 1 aliphatic heterocycles. The fraction of sp³-hybridized carbons (Fsp3) is 0.320. The minimum atomic E-state index is 0.133. The van der Waals surface area contributed by atoms with Crippen molar-refractivity contribution < 1.29 is 9.21 Å². The molecule has 4 rings (SSSR count). The van der Waals surface area contributed by atoms with Crippen LogP contribution in [0.15, 0.2) is 65.3 Å². The number of piperazine rings is 1. The van der Waals surface area contributed by atoms with Gasteiger partial charge in [0.25, 0.3) is 5.91 Å². The molecule has 30 heavy (non-hydrogen) atoms. The van der Waals surface area contributed by atoms with Gasteiger partial charge in [-0.05, 0) is 37.6 Å². The van der Waals surface area contributed by atoms with Gasteiger partial charge in [-0.3, -0.25) is 9.69 Å². The number of carbonyl (C=O) groups excluding carboxylic acids is 1. The van der Waals surface area contributed by atoms with Crippen LogP contribution >= 0.6 is 0 Å². The second kappa shape index (κ2) is 9.18. The lowest BCUT2D eigenvalue weighted by molar-refractivity contribution is 0.0649. The highest BCUT2D eigenvalue weighted by atomic mass is 16.3. The average Bonchev–Trinajstić information content (AvgIpc) is 3.38. The maximum atomic E-state index is 13.2. The van der Waals surface area contributed by atoms with Crippen LogP contribution in [0.2, 0.25) is 0 Å². The Morgan fingerprint density at radius 3 is 2.50 bits per heavy atom. The van der Waals surface area contributed by atoms with E-state index in [1.807, 2.05) is 43.0 Å². The van der Waals surface area contributed by atoms with Gasteiger partial charge in [-0.25, -0.2) is 0 Å². The lowest BCUT2D eigenvalue weighted by Gasteiger charge is -2.34. The zero-order chi connectivity index (χ0) is 20.9. The molecule has 0 N–H and O–H groups in total. The highest BCUT2D eigenvalue weighted by molar-refractivity contribution is 5.95. The van der Waals surface area contributed by atoms with Gasteiger partial charge in [-0.2, -0.15) is 0 Å². The molecule has 0 aliphatic carbocycles. The fourth-order valence-corrected chi connectivity index (χ4v) is 4.03. The molecule has 0 bridgehead atoms. The summed E-state index contributed by atoms with van der Waals surface area (Å²) in [6.07, 6.45) is 6.05. The van der Waals surface area contributed by atoms with Crippen LogP contribution in [0.25, 0.3) is 6.08 Å². The van der Waals surface area contributed by atoms with Crippen LogP contribution in [-0.2, 0) is 6.54 Å². The molecule has 0 saturated carbocycles. The summed E-state index contributed by atoms with van der Waals surface area (Å²) in [4.78, 5) is 17.5. The van der Waals surface area contributed by atoms with Crippen LogP contribution < -0.4 is 0 Å². The number of furan rings is 1. The van der Waals surface area contributed by atoms with E-state index in [-0.39, 0.29) is 5.91 Å². The number of amides is 1. The average molecular weight is 404 g/mol. The molecule has 156 valence electrons. The largest absolute Gasteiger partial charge is 0.467 e. The van der Waals surface area contributed by atoms with Crippen LogP contribution in [-0.4, -0.2) is 53.0 Å². The molecule has 1 amide bonds. The van der Waals surface area contributed by atoms with E-state index in [1.165, 1.54) is 5.56 Å². The van der Waals surface area contributed by atoms with E-state index in [0.717, 1.165) is 55.4 Å². The number of aromatic nitrogens is 1. The zero-order valence-corrected chi connectivity index (χ0v) is 17.8. The summed E-state index contributed by atoms with van der Waals surface area (Å²) in [5.74, 6) is 1.03. The van der Waals surface area contributed by atoms with E-state index in [4.69, 9.17) is 4.42 Å². The van der Waals surface area contributed by atoms with Crippen molar-refractivity contribution in [2.45, 2.75) is 20.4 Å². The summed E-state index contributed by atoms with van der Waals surface area (Å²) in [6, 6.07) is 16.2. The number of hydrogen-bond donors (Lipinski definition) is 0. The van der Waals surface area contributed by atoms with Crippen LogP contribution in [0, 0.1) is 13.8 Å². The first-order chi connectivity index (χ1) is 14.6. The Kier molecular flexibility index (Phi) is 6.19. The predicted molar refractivity (Wildman–Crippen MR) is 120 cm³/mol. The van der Waals surface area contributed by atoms with Crippen LogP contribution in [0.3, 0.4) is 0 Å². The third kappa shape index (κ3) is 4.57. The maximum Gasteiger partial charge on any atom is 0.255 e. The van der Waals surface area contributed by atoms with Crippen molar-refractivity contribution in [1.82, 2.24) is 14.4 Å². The number of carbonyl (C=O) groups is 1. The topological polar surface area (TPSA) is 41.6 Å². The number of rotatable bonds is 6. The molecule has 0 atom stereocenters. The first-order valence-corrected chi connectivity index (χ1v) is 10.5. The normalized spacial score (nSPS) is 15.2. The quantitative estimate of drug-likeness (QED) is 0.619. The van der Waals surface area contributed by atoms with Crippen LogP contribution in [0.1, 0.15) is 33.1 Å². The summed E-state index contributed by atoms with van der Waals surface area (Å²) >= 11 is 0. The summed E-state index contributed by atoms with van der Waals surface area (Å²) in [7, 11) is 0. The summed E-state index contributed by atoms with van der Waals surface area (Å²) in [5, 5.41) is 0. The molecule has 3 aromatic rings. The van der Waals surface area contributed by atoms with Gasteiger partial charge in [-0.1, -0.05) is 42.5 Å². The van der Waals surface area contributed by atoms with Crippen molar-refractivity contribution in [3.05, 3.63) is 89.1 Å². The lowest BCUT2D eigenvalue weighted by atomic mass is 10.2. The van der Waals surface area contributed by atoms with Crippen molar-refractivity contribution in [3.63, 3.8) is 0 Å². The number of benzene rings is 1. The highest BCUT2D eigenvalue weighted by Gasteiger charge is 2.25. The lowest BCUT2D eigenvalue weighted by Crippen LogP contribution is -2.48. The summed E-state index contributed by atoms with van der Waals surface area (Å²) in [6.45, 7) is 8.96. The van der Waals surface area contributed by atoms with Crippen molar-refractivity contribution in [3.8, 4) is 0 Å². The van der Waals surface area contributed by atoms with Crippen molar-refractivity contribution >= 4 is 12.0 Å². The van der Waals surface area contributed by atoms with E-state index < -0.39 is 0 Å². The third-order valence-corrected chi connectivity index (χ3v) is 5.83. The monoisotopic (exact) mass is 403 g/mol. The number of nitrogens with zero attached hydrogens (tertiary/aromatic N) is 3. The SMILES string of the molecule is Cc1cc(C(=O)N2CCN(C/C=C/c3ccccc3)CC2)c(C)n1Cc1ccco1. The molecule has 5 heteroatoms. The Morgan fingerprint density at radius 2 is 1.80 bits per heavy atom. The molecule has 0 radical (unpaired) electrons. The fourth-order valence-electron chi connectivity index (χ4n) is 4.03. The van der Waals surface area contributed by atoms with Gasteiger partial charge < -0.3 is 13.9 Å². The Balaban J connectivity index is 1.34. The standard InChI is InChI=1S/C25H29N3O2/c1-20-18-24(21(2)28(20)19-23-11-7-17-30-23)25(29)27-15-13-26(14-16-27)12-6-10-22-8-4-3-5-9-22/h3-11,17-18H,12-16,19H2,1-2H3/b10-6+. The minimum Gasteiger partial charge on any atom is -0.467 e. The Hall–Kier alpha value is -3.05. The molecule has 1 aliphatic rings. The first kappa shape index (κ1) is 20.2. The Labute approximate surface area is 178 Å². The van der Waals surface area contributed by atoms with Crippen molar-refractivity contribution in [1.29, 1.82) is 0 Å². The zero-order valence-electron chi connectivity index (χ0n) is 17.8. The van der Waals surface area contributed by atoms with Crippen molar-refractivity contribution in [2.75, 3.05) is 32.7 Å². The molecular formula is C25H29N3O2. The smallest absolute Gasteiger partial charge is 0.255 e. The van der Waals surface area contributed by atoms with Gasteiger partial charge in [0.1, 0.15) is 5.76 Å². The molecule has 0 unspecified atom stereocenters. The predicted octanol–water partition coefficient (Wildman–Crippen LogP) is 4.22. The molecule has 1 aromatic carbocycles. The molecule has 3 heterocycles. The molecule has 5 nitrogen and oxygen atoms in total. The second-order valence-electron chi connectivity index (χ2n) is 7.86. The van der Waals surface area contributed by atoms with E-state index in [9.17, 15) is 4.79 Å². The first-order valence-electron chi connectivity index (χ1n) is 10.5. The summed E-state index contributed by atoms with van der Waals surface area (Å²) < 4.78 is 7.63. The van der Waals surface area contributed by atoms with Gasteiger partial charge in [0.05, 0.1) is 18.4 Å². The second-order valence-corrected chi connectivity index (χ2v) is 7.86. The number of hydrogen-bond acceptors (Lipinski definition) is 3. The van der Waals surface area contributed by atoms with Gasteiger partial charge >= 0.3 is 0 Å². The highest BCUT2D eigenvalue weighted by Crippen LogP contribution is 2.20. The van der Waals surface area contributed by atoms with E-state index in [1.54, 1.807) is 6.26 Å². The molecular weight excluding hydrogens is 374 g/mol. The van der Waals surface area contributed by atoms with Crippen LogP contribution in [0.5, 0.6) is 0 Å². The third-order valence-electron chi connectivity index (χ3n) is 5.83. The molecule has 1 fully saturated rings. The summed E-state index contributed by atoms with van der Waals surface area (Å²) in [5.41, 5.74) is 4.10. The Bertz CT molecular complexity index is 995. The Morgan fingerprint density at radius 1 is 1.03 bits per heavy atom. The van der Waals surface area contributed by atoms with Gasteiger partial charge in [-0.15, -0.1) is 0 Å². The number of aryl methyl sites for hydroxylation is 1.